The number of thiazole rings is 1. The lowest BCUT2D eigenvalue weighted by atomic mass is 10.2. The summed E-state index contributed by atoms with van der Waals surface area (Å²) in [7, 11) is 0. The van der Waals surface area contributed by atoms with Gasteiger partial charge in [0.05, 0.1) is 17.1 Å². The minimum Gasteiger partial charge on any atom is -0.336 e. The number of carbonyl (C=O) groups excluding carboxylic acids is 1. The molecule has 1 aromatic carbocycles. The second-order valence-electron chi connectivity index (χ2n) is 6.16. The highest BCUT2D eigenvalue weighted by Crippen LogP contribution is 2.23. The maximum absolute atomic E-state index is 12.8. The largest absolute Gasteiger partial charge is 0.336 e. The number of H-pyrrole nitrogens is 1. The quantitative estimate of drug-likeness (QED) is 0.626. The van der Waals surface area contributed by atoms with Gasteiger partial charge in [0.15, 0.2) is 3.95 Å². The summed E-state index contributed by atoms with van der Waals surface area (Å²) in [6.45, 7) is 4.61. The molecular formula is C18H17N5OS2. The first kappa shape index (κ1) is 18.0. The van der Waals surface area contributed by atoms with Crippen molar-refractivity contribution in [2.75, 3.05) is 16.8 Å². The van der Waals surface area contributed by atoms with Gasteiger partial charge < -0.3 is 10.3 Å². The number of hydrogen-bond acceptors (Lipinski definition) is 5. The molecule has 0 atom stereocenters. The number of aromatic amines is 1. The van der Waals surface area contributed by atoms with Gasteiger partial charge in [-0.25, -0.2) is 9.78 Å². The molecule has 0 aliphatic heterocycles. The van der Waals surface area contributed by atoms with E-state index >= 15 is 0 Å². The van der Waals surface area contributed by atoms with Gasteiger partial charge in [0.2, 0.25) is 0 Å². The van der Waals surface area contributed by atoms with E-state index in [4.69, 9.17) is 17.5 Å². The van der Waals surface area contributed by atoms with Gasteiger partial charge in [0, 0.05) is 12.2 Å². The maximum atomic E-state index is 12.8. The lowest BCUT2D eigenvalue weighted by Gasteiger charge is -2.24. The molecule has 2 N–H and O–H groups in total. The molecule has 0 unspecified atom stereocenters. The fourth-order valence-electron chi connectivity index (χ4n) is 2.44. The van der Waals surface area contributed by atoms with Crippen LogP contribution in [0.15, 0.2) is 36.4 Å². The number of carbonyl (C=O) groups is 1. The molecule has 8 heteroatoms. The predicted octanol–water partition coefficient (Wildman–Crippen LogP) is 4.92. The maximum Gasteiger partial charge on any atom is 0.327 e. The van der Waals surface area contributed by atoms with E-state index in [1.54, 1.807) is 35.2 Å². The van der Waals surface area contributed by atoms with Crippen molar-refractivity contribution in [3.05, 3.63) is 45.9 Å². The number of aromatic nitrogens is 2. The number of nitrogens with one attached hydrogen (secondary N) is 2. The molecule has 2 aromatic heterocycles. The van der Waals surface area contributed by atoms with Crippen molar-refractivity contribution >= 4 is 51.4 Å². The smallest absolute Gasteiger partial charge is 0.327 e. The molecule has 6 nitrogen and oxygen atoms in total. The van der Waals surface area contributed by atoms with E-state index in [0.29, 0.717) is 27.6 Å². The van der Waals surface area contributed by atoms with Crippen LogP contribution in [0, 0.1) is 21.2 Å². The Bertz CT molecular complexity index is 1030. The number of fused-ring (bicyclic) bond motifs is 1. The van der Waals surface area contributed by atoms with Crippen LogP contribution in [0.3, 0.4) is 0 Å². The number of pyridine rings is 1. The van der Waals surface area contributed by atoms with Crippen molar-refractivity contribution in [3.63, 3.8) is 0 Å². The highest BCUT2D eigenvalue weighted by Gasteiger charge is 2.19. The molecule has 132 valence electrons. The topological polar surface area (TPSA) is 84.8 Å². The molecule has 0 bridgehead atoms. The Morgan fingerprint density at radius 2 is 2.08 bits per heavy atom. The van der Waals surface area contributed by atoms with E-state index in [-0.39, 0.29) is 11.9 Å². The minimum absolute atomic E-state index is 0.267. The van der Waals surface area contributed by atoms with E-state index < -0.39 is 0 Å². The molecule has 0 spiro atoms. The van der Waals surface area contributed by atoms with E-state index in [9.17, 15) is 4.79 Å². The van der Waals surface area contributed by atoms with Gasteiger partial charge in [-0.1, -0.05) is 25.2 Å². The van der Waals surface area contributed by atoms with Gasteiger partial charge in [-0.05, 0) is 54.5 Å². The Kier molecular flexibility index (Phi) is 5.30. The number of amides is 2. The van der Waals surface area contributed by atoms with Gasteiger partial charge in [-0.3, -0.25) is 4.90 Å². The molecule has 0 aliphatic rings. The van der Waals surface area contributed by atoms with E-state index in [2.05, 4.69) is 21.4 Å². The normalized spacial score (nSPS) is 10.7. The molecule has 0 saturated heterocycles. The lowest BCUT2D eigenvalue weighted by Crippen LogP contribution is -2.38. The fourth-order valence-corrected chi connectivity index (χ4v) is 3.49. The van der Waals surface area contributed by atoms with E-state index in [1.165, 1.54) is 11.3 Å². The number of rotatable bonds is 4. The lowest BCUT2D eigenvalue weighted by molar-refractivity contribution is 0.256. The Morgan fingerprint density at radius 1 is 1.35 bits per heavy atom. The number of nitriles is 1. The number of benzene rings is 1. The molecule has 0 aliphatic carbocycles. The summed E-state index contributed by atoms with van der Waals surface area (Å²) in [5, 5.41) is 11.7. The Labute approximate surface area is 160 Å². The standard InChI is InChI=1S/C18H17N5OS2/c1-11(2)10-23(15-8-7-14-16(22-15)26-18(25)21-14)17(24)20-13-5-3-12(9-19)4-6-13/h3-8,11H,10H2,1-2H3,(H,20,24)(H,21,25). The summed E-state index contributed by atoms with van der Waals surface area (Å²) in [6, 6.07) is 12.2. The van der Waals surface area contributed by atoms with Gasteiger partial charge in [0.1, 0.15) is 10.6 Å². The van der Waals surface area contributed by atoms with Crippen molar-refractivity contribution in [1.82, 2.24) is 9.97 Å². The second kappa shape index (κ2) is 7.64. The minimum atomic E-state index is -0.269. The molecule has 2 amide bonds. The van der Waals surface area contributed by atoms with Crippen LogP contribution in [-0.2, 0) is 0 Å². The molecule has 2 heterocycles. The van der Waals surface area contributed by atoms with Crippen LogP contribution in [0.1, 0.15) is 19.4 Å². The third-order valence-electron chi connectivity index (χ3n) is 3.61. The number of anilines is 2. The van der Waals surface area contributed by atoms with Crippen LogP contribution in [0.5, 0.6) is 0 Å². The summed E-state index contributed by atoms with van der Waals surface area (Å²) >= 11 is 6.54. The highest BCUT2D eigenvalue weighted by molar-refractivity contribution is 7.73. The summed E-state index contributed by atoms with van der Waals surface area (Å²) in [4.78, 5) is 22.9. The monoisotopic (exact) mass is 383 g/mol. The summed E-state index contributed by atoms with van der Waals surface area (Å²) in [6.07, 6.45) is 0. The molecule has 26 heavy (non-hydrogen) atoms. The molecular weight excluding hydrogens is 366 g/mol. The van der Waals surface area contributed by atoms with Crippen LogP contribution in [0.25, 0.3) is 10.3 Å². The fraction of sp³-hybridized carbons (Fsp3) is 0.222. The van der Waals surface area contributed by atoms with Crippen LogP contribution < -0.4 is 10.2 Å². The number of urea groups is 1. The average molecular weight is 384 g/mol. The molecule has 0 fully saturated rings. The first-order valence-corrected chi connectivity index (χ1v) is 9.27. The second-order valence-corrected chi connectivity index (χ2v) is 7.83. The zero-order valence-corrected chi connectivity index (χ0v) is 15.9. The van der Waals surface area contributed by atoms with E-state index in [1.807, 2.05) is 19.9 Å². The summed E-state index contributed by atoms with van der Waals surface area (Å²) in [5.74, 6) is 0.839. The SMILES string of the molecule is CC(C)CN(C(=O)Nc1ccc(C#N)cc1)c1ccc2[nH]c(=S)sc2n1. The van der Waals surface area contributed by atoms with Crippen molar-refractivity contribution in [1.29, 1.82) is 5.26 Å². The zero-order valence-electron chi connectivity index (χ0n) is 14.3. The molecule has 0 saturated carbocycles. The van der Waals surface area contributed by atoms with Crippen LogP contribution in [-0.4, -0.2) is 22.5 Å². The zero-order chi connectivity index (χ0) is 18.7. The molecule has 3 rings (SSSR count). The van der Waals surface area contributed by atoms with Crippen molar-refractivity contribution in [2.45, 2.75) is 13.8 Å². The molecule has 3 aromatic rings. The van der Waals surface area contributed by atoms with Gasteiger partial charge in [-0.2, -0.15) is 5.26 Å². The third kappa shape index (κ3) is 4.07. The summed E-state index contributed by atoms with van der Waals surface area (Å²) < 4.78 is 0.655. The Hall–Kier alpha value is -2.76. The van der Waals surface area contributed by atoms with Crippen molar-refractivity contribution < 1.29 is 4.79 Å². The number of hydrogen-bond donors (Lipinski definition) is 2. The predicted molar refractivity (Wildman–Crippen MR) is 107 cm³/mol. The van der Waals surface area contributed by atoms with Gasteiger partial charge in [-0.15, -0.1) is 0 Å². The van der Waals surface area contributed by atoms with Crippen molar-refractivity contribution in [2.24, 2.45) is 5.92 Å². The van der Waals surface area contributed by atoms with Crippen LogP contribution in [0.4, 0.5) is 16.3 Å². The van der Waals surface area contributed by atoms with Crippen LogP contribution in [0.2, 0.25) is 0 Å². The third-order valence-corrected chi connectivity index (χ3v) is 4.75. The van der Waals surface area contributed by atoms with Gasteiger partial charge in [0.25, 0.3) is 0 Å². The Balaban J connectivity index is 1.88. The first-order chi connectivity index (χ1) is 12.5. The number of nitrogens with zero attached hydrogens (tertiary/aromatic N) is 3. The van der Waals surface area contributed by atoms with Gasteiger partial charge >= 0.3 is 6.03 Å². The molecule has 0 radical (unpaired) electrons. The Morgan fingerprint density at radius 3 is 2.73 bits per heavy atom. The van der Waals surface area contributed by atoms with Crippen LogP contribution >= 0.6 is 23.6 Å². The first-order valence-electron chi connectivity index (χ1n) is 8.05. The van der Waals surface area contributed by atoms with E-state index in [0.717, 1.165) is 10.3 Å². The summed E-state index contributed by atoms with van der Waals surface area (Å²) in [5.41, 5.74) is 2.03. The average Bonchev–Trinajstić information content (AvgIpc) is 2.99. The van der Waals surface area contributed by atoms with Crippen molar-refractivity contribution in [3.8, 4) is 6.07 Å². The highest BCUT2D eigenvalue weighted by atomic mass is 32.1.